The summed E-state index contributed by atoms with van der Waals surface area (Å²) in [5.41, 5.74) is 18.3. The van der Waals surface area contributed by atoms with Crippen molar-refractivity contribution in [2.45, 2.75) is 40.0 Å². The quantitative estimate of drug-likeness (QED) is 0.161. The van der Waals surface area contributed by atoms with Crippen LogP contribution in [0.15, 0.2) is 158 Å². The molecule has 0 spiro atoms. The minimum Gasteiger partial charge on any atom is -0.656 e. The van der Waals surface area contributed by atoms with Gasteiger partial charge in [0.15, 0.2) is 0 Å². The normalized spacial score (nSPS) is 13.1. The van der Waals surface area contributed by atoms with Crippen molar-refractivity contribution in [1.82, 2.24) is 19.5 Å². The van der Waals surface area contributed by atoms with Gasteiger partial charge in [-0.05, 0) is 112 Å². The largest absolute Gasteiger partial charge is 2.00 e. The van der Waals surface area contributed by atoms with Crippen molar-refractivity contribution in [3.63, 3.8) is 0 Å². The number of benzene rings is 7. The Morgan fingerprint density at radius 2 is 1.35 bits per heavy atom. The number of rotatable bonds is 5. The van der Waals surface area contributed by atoms with Crippen LogP contribution in [0.25, 0.3) is 72.2 Å². The molecule has 11 rings (SSSR count). The summed E-state index contributed by atoms with van der Waals surface area (Å²) in [4.78, 5) is 18.1. The predicted molar refractivity (Wildman–Crippen MR) is 243 cm³/mol. The molecule has 3 aromatic heterocycles. The van der Waals surface area contributed by atoms with E-state index in [1.165, 1.54) is 33.4 Å². The average molecular weight is 955 g/mol. The third-order valence-corrected chi connectivity index (χ3v) is 12.5. The van der Waals surface area contributed by atoms with Crippen molar-refractivity contribution in [2.75, 3.05) is 4.90 Å². The van der Waals surface area contributed by atoms with Crippen molar-refractivity contribution in [3.8, 4) is 39.3 Å². The number of hydrogen-bond acceptors (Lipinski definition) is 3. The number of nitrogens with zero attached hydrogens (tertiary/aromatic N) is 5. The van der Waals surface area contributed by atoms with E-state index in [2.05, 4.69) is 196 Å². The van der Waals surface area contributed by atoms with Crippen LogP contribution < -0.4 is 9.88 Å². The molecule has 1 aliphatic heterocycles. The molecule has 0 amide bonds. The molecule has 0 bridgehead atoms. The molecule has 0 atom stereocenters. The summed E-state index contributed by atoms with van der Waals surface area (Å²) >= 11 is 0. The molecular weight excluding hydrogens is 914 g/mol. The summed E-state index contributed by atoms with van der Waals surface area (Å²) in [5, 5.41) is 2.27. The molecule has 4 heterocycles. The summed E-state index contributed by atoms with van der Waals surface area (Å²) in [6.07, 6.45) is 1.94. The molecule has 0 N–H and O–H groups in total. The van der Waals surface area contributed by atoms with Gasteiger partial charge in [0, 0.05) is 23.1 Å². The molecule has 0 unspecified atom stereocenters. The number of para-hydroxylation sites is 5. The van der Waals surface area contributed by atoms with Crippen LogP contribution in [0.2, 0.25) is 0 Å². The molecule has 5 nitrogen and oxygen atoms in total. The van der Waals surface area contributed by atoms with Gasteiger partial charge in [-0.2, -0.15) is 0 Å². The average Bonchev–Trinajstić information content (AvgIpc) is 3.85. The number of fused-ring (bicyclic) bond motifs is 6. The molecule has 0 fully saturated rings. The molecule has 0 saturated carbocycles. The first-order chi connectivity index (χ1) is 28.8. The number of hydrogen-bond donors (Lipinski definition) is 0. The van der Waals surface area contributed by atoms with Gasteiger partial charge < -0.3 is 9.88 Å². The van der Waals surface area contributed by atoms with E-state index in [9.17, 15) is 0 Å². The maximum atomic E-state index is 5.55. The third kappa shape index (κ3) is 5.78. The molecule has 60 heavy (non-hydrogen) atoms. The van der Waals surface area contributed by atoms with Crippen molar-refractivity contribution < 1.29 is 21.1 Å². The van der Waals surface area contributed by atoms with Crippen LogP contribution in [0.3, 0.4) is 0 Å². The zero-order valence-electron chi connectivity index (χ0n) is 34.1. The molecule has 0 saturated heterocycles. The number of aryl methyl sites for hydroxylation is 3. The van der Waals surface area contributed by atoms with E-state index in [0.29, 0.717) is 0 Å². The van der Waals surface area contributed by atoms with Crippen LogP contribution in [-0.2, 0) is 26.5 Å². The molecule has 0 radical (unpaired) electrons. The Morgan fingerprint density at radius 3 is 2.22 bits per heavy atom. The Morgan fingerprint density at radius 1 is 0.617 bits per heavy atom. The van der Waals surface area contributed by atoms with Crippen molar-refractivity contribution in [1.29, 1.82) is 0 Å². The predicted octanol–water partition coefficient (Wildman–Crippen LogP) is 13.5. The van der Waals surface area contributed by atoms with E-state index in [4.69, 9.17) is 15.0 Å². The van der Waals surface area contributed by atoms with E-state index in [-0.39, 0.29) is 26.5 Å². The van der Waals surface area contributed by atoms with E-state index in [1.807, 2.05) is 12.3 Å². The van der Waals surface area contributed by atoms with Gasteiger partial charge in [-0.3, -0.25) is 4.57 Å². The smallest absolute Gasteiger partial charge is 0.656 e. The summed E-state index contributed by atoms with van der Waals surface area (Å²) in [5.74, 6) is 1.71. The molecule has 292 valence electrons. The zero-order chi connectivity index (χ0) is 40.0. The standard InChI is InChI=1S/C54H41N5.Pt/c1-33-29-35(3)43(30-34(33)2)37-27-28-55-50(32-37)59-47-23-12-10-21-44(47)54(4,5)45-26-25-36(31-49(45)59)39-18-14-24-48-52(39)57-53(58(48)38-15-7-6-8-16-38)42-20-13-19-41-40-17-9-11-22-46(40)56-51(41)42;/h6-30,32H,1-5H3;/q-2;+2. The van der Waals surface area contributed by atoms with E-state index >= 15 is 0 Å². The van der Waals surface area contributed by atoms with Gasteiger partial charge in [-0.25, -0.2) is 9.97 Å². The van der Waals surface area contributed by atoms with E-state index < -0.39 is 0 Å². The first-order valence-corrected chi connectivity index (χ1v) is 20.3. The first-order valence-electron chi connectivity index (χ1n) is 20.3. The maximum absolute atomic E-state index is 5.55. The fraction of sp³-hybridized carbons (Fsp3) is 0.111. The summed E-state index contributed by atoms with van der Waals surface area (Å²) in [7, 11) is 0. The number of pyridine rings is 1. The minimum absolute atomic E-state index is 0. The second-order valence-corrected chi connectivity index (χ2v) is 16.4. The van der Waals surface area contributed by atoms with Crippen LogP contribution in [0.1, 0.15) is 41.7 Å². The monoisotopic (exact) mass is 954 g/mol. The van der Waals surface area contributed by atoms with Gasteiger partial charge in [0.05, 0.1) is 11.0 Å². The second-order valence-electron chi connectivity index (χ2n) is 16.4. The van der Waals surface area contributed by atoms with Gasteiger partial charge in [0.25, 0.3) is 0 Å². The Balaban J connectivity index is 0.00000433. The summed E-state index contributed by atoms with van der Waals surface area (Å²) in [6, 6.07) is 58.0. The van der Waals surface area contributed by atoms with Gasteiger partial charge in [-0.15, -0.1) is 34.8 Å². The van der Waals surface area contributed by atoms with Crippen LogP contribution in [0, 0.1) is 26.8 Å². The fourth-order valence-corrected chi connectivity index (χ4v) is 9.32. The maximum Gasteiger partial charge on any atom is 2.00 e. The fourth-order valence-electron chi connectivity index (χ4n) is 9.32. The van der Waals surface area contributed by atoms with Crippen LogP contribution in [0.4, 0.5) is 17.2 Å². The SMILES string of the molecule is Cc1cc(C)c(-c2ccnc(N3c4[c-]c(-c5cccc6c5nc(-c5cccc7c5[n-]c5ccccc57)n6-c5ccccc5)ccc4C(C)(C)c4ccccc43)c2)cc1C.[Pt+2]. The molecule has 0 aliphatic carbocycles. The van der Waals surface area contributed by atoms with Gasteiger partial charge in [0.1, 0.15) is 11.6 Å². The van der Waals surface area contributed by atoms with Gasteiger partial charge >= 0.3 is 21.1 Å². The summed E-state index contributed by atoms with van der Waals surface area (Å²) in [6.45, 7) is 11.2. The van der Waals surface area contributed by atoms with E-state index in [0.717, 1.165) is 83.8 Å². The molecular formula is C54H41N5Pt. The number of imidazole rings is 1. The molecule has 6 heteroatoms. The zero-order valence-corrected chi connectivity index (χ0v) is 36.3. The van der Waals surface area contributed by atoms with Crippen molar-refractivity contribution in [2.24, 2.45) is 0 Å². The van der Waals surface area contributed by atoms with Gasteiger partial charge in [-0.1, -0.05) is 128 Å². The Kier molecular flexibility index (Phi) is 9.00. The topological polar surface area (TPSA) is 48.1 Å². The van der Waals surface area contributed by atoms with Crippen molar-refractivity contribution in [3.05, 3.63) is 192 Å². The summed E-state index contributed by atoms with van der Waals surface area (Å²) < 4.78 is 2.28. The first kappa shape index (κ1) is 37.7. The minimum atomic E-state index is -0.275. The van der Waals surface area contributed by atoms with Crippen molar-refractivity contribution >= 4 is 50.0 Å². The second kappa shape index (κ2) is 14.3. The Labute approximate surface area is 364 Å². The molecule has 1 aliphatic rings. The third-order valence-electron chi connectivity index (χ3n) is 12.5. The van der Waals surface area contributed by atoms with Crippen LogP contribution in [0.5, 0.6) is 0 Å². The van der Waals surface area contributed by atoms with Crippen LogP contribution in [-0.4, -0.2) is 14.5 Å². The van der Waals surface area contributed by atoms with E-state index in [1.54, 1.807) is 0 Å². The number of aromatic nitrogens is 4. The Bertz CT molecular complexity index is 3300. The molecule has 10 aromatic rings. The van der Waals surface area contributed by atoms with Crippen LogP contribution >= 0.6 is 0 Å². The van der Waals surface area contributed by atoms with Gasteiger partial charge in [0.2, 0.25) is 0 Å². The number of anilines is 3. The Hall–Kier alpha value is -6.55. The molecule has 7 aromatic carbocycles.